The maximum Gasteiger partial charge on any atom is 0.252 e. The highest BCUT2D eigenvalue weighted by molar-refractivity contribution is 5.98. The van der Waals surface area contributed by atoms with Crippen molar-refractivity contribution in [3.63, 3.8) is 0 Å². The molecular weight excluding hydrogens is 400 g/mol. The lowest BCUT2D eigenvalue weighted by Crippen LogP contribution is -2.35. The number of piperidine rings is 1. The summed E-state index contributed by atoms with van der Waals surface area (Å²) in [5.41, 5.74) is 9.29. The van der Waals surface area contributed by atoms with E-state index in [4.69, 9.17) is 15.2 Å². The molecule has 1 aliphatic rings. The van der Waals surface area contributed by atoms with E-state index < -0.39 is 5.91 Å². The number of amides is 1. The number of ether oxygens (including phenoxy) is 2. The van der Waals surface area contributed by atoms with Crippen molar-refractivity contribution in [1.29, 1.82) is 0 Å². The van der Waals surface area contributed by atoms with E-state index in [1.165, 1.54) is 5.56 Å². The van der Waals surface area contributed by atoms with Crippen LogP contribution >= 0.6 is 0 Å². The molecule has 0 radical (unpaired) electrons. The Labute approximate surface area is 189 Å². The first-order valence-electron chi connectivity index (χ1n) is 11.1. The average molecular weight is 431 g/mol. The number of benzene rings is 3. The first kappa shape index (κ1) is 21.8. The minimum atomic E-state index is -0.503. The van der Waals surface area contributed by atoms with Crippen LogP contribution in [0.3, 0.4) is 0 Å². The van der Waals surface area contributed by atoms with E-state index in [0.29, 0.717) is 29.6 Å². The molecule has 32 heavy (non-hydrogen) atoms. The second-order valence-electron chi connectivity index (χ2n) is 8.25. The van der Waals surface area contributed by atoms with Gasteiger partial charge in [0.05, 0.1) is 12.7 Å². The molecule has 1 fully saturated rings. The van der Waals surface area contributed by atoms with Gasteiger partial charge >= 0.3 is 0 Å². The molecule has 5 nitrogen and oxygen atoms in total. The molecule has 0 spiro atoms. The molecule has 0 aliphatic carbocycles. The molecule has 0 bridgehead atoms. The smallest absolute Gasteiger partial charge is 0.252 e. The van der Waals surface area contributed by atoms with Crippen molar-refractivity contribution in [3.8, 4) is 11.5 Å². The minimum absolute atomic E-state index is 0.376. The molecule has 5 heteroatoms. The number of primary amides is 1. The van der Waals surface area contributed by atoms with Crippen LogP contribution in [0.2, 0.25) is 0 Å². The number of hydrogen-bond donors (Lipinski definition) is 1. The minimum Gasteiger partial charge on any atom is -0.494 e. The zero-order valence-corrected chi connectivity index (χ0v) is 18.5. The van der Waals surface area contributed by atoms with E-state index in [1.54, 1.807) is 13.2 Å². The predicted octanol–water partition coefficient (Wildman–Crippen LogP) is 4.83. The summed E-state index contributed by atoms with van der Waals surface area (Å²) in [5.74, 6) is 1.33. The molecule has 3 aromatic carbocycles. The van der Waals surface area contributed by atoms with Crippen molar-refractivity contribution < 1.29 is 14.3 Å². The Morgan fingerprint density at radius 1 is 0.938 bits per heavy atom. The van der Waals surface area contributed by atoms with Gasteiger partial charge in [-0.2, -0.15) is 0 Å². The lowest BCUT2D eigenvalue weighted by atomic mass is 9.90. The van der Waals surface area contributed by atoms with Crippen LogP contribution in [-0.4, -0.2) is 26.1 Å². The third-order valence-electron chi connectivity index (χ3n) is 6.10. The molecule has 166 valence electrons. The summed E-state index contributed by atoms with van der Waals surface area (Å²) >= 11 is 0. The zero-order chi connectivity index (χ0) is 22.3. The van der Waals surface area contributed by atoms with Gasteiger partial charge in [0.15, 0.2) is 5.75 Å². The van der Waals surface area contributed by atoms with E-state index in [9.17, 15) is 4.79 Å². The largest absolute Gasteiger partial charge is 0.494 e. The van der Waals surface area contributed by atoms with Crippen LogP contribution in [0.5, 0.6) is 11.5 Å². The summed E-state index contributed by atoms with van der Waals surface area (Å²) < 4.78 is 11.9. The maximum absolute atomic E-state index is 12.0. The van der Waals surface area contributed by atoms with E-state index in [-0.39, 0.29) is 0 Å². The molecule has 1 amide bonds. The van der Waals surface area contributed by atoms with Crippen LogP contribution in [0.4, 0.5) is 5.69 Å². The van der Waals surface area contributed by atoms with E-state index >= 15 is 0 Å². The maximum atomic E-state index is 12.0. The van der Waals surface area contributed by atoms with Crippen molar-refractivity contribution in [2.45, 2.75) is 25.9 Å². The lowest BCUT2D eigenvalue weighted by molar-refractivity contribution is 0.0997. The van der Waals surface area contributed by atoms with Gasteiger partial charge in [-0.05, 0) is 48.4 Å². The van der Waals surface area contributed by atoms with E-state index in [1.807, 2.05) is 36.4 Å². The number of methoxy groups -OCH3 is 1. The Kier molecular flexibility index (Phi) is 6.95. The first-order chi connectivity index (χ1) is 15.7. The summed E-state index contributed by atoms with van der Waals surface area (Å²) in [4.78, 5) is 14.3. The molecule has 3 aromatic rings. The zero-order valence-electron chi connectivity index (χ0n) is 18.5. The Hall–Kier alpha value is -3.47. The summed E-state index contributed by atoms with van der Waals surface area (Å²) in [6, 6.07) is 24.2. The summed E-state index contributed by atoms with van der Waals surface area (Å²) in [5, 5.41) is 0. The number of nitrogens with two attached hydrogens (primary N) is 1. The lowest BCUT2D eigenvalue weighted by Gasteiger charge is -2.35. The number of rotatable bonds is 8. The van der Waals surface area contributed by atoms with Gasteiger partial charge in [0.25, 0.3) is 5.91 Å². The molecule has 1 aliphatic heterocycles. The molecule has 1 saturated heterocycles. The normalized spacial score (nSPS) is 14.2. The van der Waals surface area contributed by atoms with Gasteiger partial charge in [-0.3, -0.25) is 4.79 Å². The van der Waals surface area contributed by atoms with Crippen LogP contribution < -0.4 is 20.1 Å². The number of anilines is 1. The number of hydrogen-bond acceptors (Lipinski definition) is 4. The van der Waals surface area contributed by atoms with Crippen molar-refractivity contribution in [3.05, 3.63) is 89.5 Å². The number of carbonyl (C=O) groups is 1. The van der Waals surface area contributed by atoms with Gasteiger partial charge in [0.1, 0.15) is 18.0 Å². The van der Waals surface area contributed by atoms with E-state index in [2.05, 4.69) is 35.2 Å². The highest BCUT2D eigenvalue weighted by Crippen LogP contribution is 2.42. The fraction of sp³-hybridized carbons (Fsp3) is 0.296. The van der Waals surface area contributed by atoms with Gasteiger partial charge in [-0.1, -0.05) is 60.7 Å². The Balaban J connectivity index is 1.55. The Morgan fingerprint density at radius 3 is 2.16 bits per heavy atom. The molecule has 4 rings (SSSR count). The van der Waals surface area contributed by atoms with Crippen molar-refractivity contribution in [1.82, 2.24) is 0 Å². The fourth-order valence-corrected chi connectivity index (χ4v) is 4.41. The van der Waals surface area contributed by atoms with Crippen LogP contribution in [-0.2, 0) is 13.0 Å². The summed E-state index contributed by atoms with van der Waals surface area (Å²) in [6.07, 6.45) is 3.22. The van der Waals surface area contributed by atoms with Crippen molar-refractivity contribution in [2.75, 3.05) is 25.1 Å². The Morgan fingerprint density at radius 2 is 1.56 bits per heavy atom. The quantitative estimate of drug-likeness (QED) is 0.556. The first-order valence-corrected chi connectivity index (χ1v) is 11.1. The highest BCUT2D eigenvalue weighted by atomic mass is 16.5. The van der Waals surface area contributed by atoms with Gasteiger partial charge < -0.3 is 20.1 Å². The summed E-state index contributed by atoms with van der Waals surface area (Å²) in [6.45, 7) is 2.19. The van der Waals surface area contributed by atoms with E-state index in [0.717, 1.165) is 43.6 Å². The fourth-order valence-electron chi connectivity index (χ4n) is 4.41. The molecule has 0 saturated carbocycles. The molecule has 0 atom stereocenters. The average Bonchev–Trinajstić information content (AvgIpc) is 2.84. The van der Waals surface area contributed by atoms with Gasteiger partial charge in [-0.25, -0.2) is 0 Å². The summed E-state index contributed by atoms with van der Waals surface area (Å²) in [7, 11) is 1.58. The highest BCUT2D eigenvalue weighted by Gasteiger charge is 2.27. The Bertz CT molecular complexity index is 1030. The van der Waals surface area contributed by atoms with Crippen molar-refractivity contribution in [2.24, 2.45) is 11.7 Å². The van der Waals surface area contributed by atoms with Gasteiger partial charge in [0, 0.05) is 13.1 Å². The van der Waals surface area contributed by atoms with Crippen LogP contribution in [0.15, 0.2) is 72.8 Å². The second kappa shape index (κ2) is 10.2. The predicted molar refractivity (Wildman–Crippen MR) is 127 cm³/mol. The number of nitrogens with zero attached hydrogens (tertiary/aromatic N) is 1. The molecule has 2 N–H and O–H groups in total. The standard InChI is InChI=1S/C27H30N2O3/c1-31-26-23(27(28)30)12-13-24(32-19-22-10-6-3-7-11-22)25(26)29-16-14-21(15-17-29)18-20-8-4-2-5-9-20/h2-13,21H,14-19H2,1H3,(H2,28,30). The molecule has 0 unspecified atom stereocenters. The number of carbonyl (C=O) groups excluding carboxylic acids is 1. The van der Waals surface area contributed by atoms with Gasteiger partial charge in [-0.15, -0.1) is 0 Å². The van der Waals surface area contributed by atoms with Crippen LogP contribution in [0.25, 0.3) is 0 Å². The molecule has 1 heterocycles. The second-order valence-corrected chi connectivity index (χ2v) is 8.25. The monoisotopic (exact) mass is 430 g/mol. The third-order valence-corrected chi connectivity index (χ3v) is 6.10. The topological polar surface area (TPSA) is 64.8 Å². The molecular formula is C27H30N2O3. The molecule has 0 aromatic heterocycles. The van der Waals surface area contributed by atoms with Crippen molar-refractivity contribution >= 4 is 11.6 Å². The van der Waals surface area contributed by atoms with Crippen LogP contribution in [0.1, 0.15) is 34.3 Å². The van der Waals surface area contributed by atoms with Crippen LogP contribution in [0, 0.1) is 5.92 Å². The third kappa shape index (κ3) is 5.05. The SMILES string of the molecule is COc1c(C(N)=O)ccc(OCc2ccccc2)c1N1CCC(Cc2ccccc2)CC1. The van der Waals surface area contributed by atoms with Gasteiger partial charge in [0.2, 0.25) is 0 Å².